The van der Waals surface area contributed by atoms with Crippen molar-refractivity contribution in [1.29, 1.82) is 0 Å². The molecule has 7 heteroatoms. The van der Waals surface area contributed by atoms with E-state index in [-0.39, 0.29) is 23.0 Å². The lowest BCUT2D eigenvalue weighted by Crippen LogP contribution is -2.42. The van der Waals surface area contributed by atoms with Gasteiger partial charge in [-0.1, -0.05) is 37.5 Å². The van der Waals surface area contributed by atoms with Crippen LogP contribution in [0.2, 0.25) is 0 Å². The highest BCUT2D eigenvalue weighted by Gasteiger charge is 2.33. The van der Waals surface area contributed by atoms with Gasteiger partial charge in [-0.25, -0.2) is 12.8 Å². The van der Waals surface area contributed by atoms with Crippen LogP contribution in [0, 0.1) is 12.7 Å². The van der Waals surface area contributed by atoms with Crippen molar-refractivity contribution < 1.29 is 12.8 Å². The number of sulfonamides is 1. The minimum atomic E-state index is -3.88. The molecule has 2 aromatic carbocycles. The molecule has 1 aliphatic rings. The van der Waals surface area contributed by atoms with Crippen LogP contribution in [0.15, 0.2) is 58.2 Å². The molecule has 0 spiro atoms. The van der Waals surface area contributed by atoms with Crippen LogP contribution in [0.3, 0.4) is 0 Å². The largest absolute Gasteiger partial charge is 0.321 e. The van der Waals surface area contributed by atoms with Gasteiger partial charge in [0.05, 0.1) is 10.4 Å². The van der Waals surface area contributed by atoms with Gasteiger partial charge in [0.2, 0.25) is 10.0 Å². The van der Waals surface area contributed by atoms with Gasteiger partial charge in [-0.3, -0.25) is 4.79 Å². The van der Waals surface area contributed by atoms with E-state index in [0.717, 1.165) is 60.7 Å². The standard InChI is InChI=1S/C23H25FN2O3S/c1-16-6-5-7-17-14-18(23(27)25-22(16)17)15-26(20-8-3-2-4-9-20)30(28,29)21-12-10-19(24)11-13-21/h5-7,10-14,20H,2-4,8-9,15H2,1H3,(H,25,27). The van der Waals surface area contributed by atoms with Gasteiger partial charge in [0.1, 0.15) is 5.82 Å². The van der Waals surface area contributed by atoms with E-state index in [2.05, 4.69) is 4.98 Å². The molecular formula is C23H25FN2O3S. The molecule has 0 amide bonds. The molecular weight excluding hydrogens is 403 g/mol. The number of halogens is 1. The van der Waals surface area contributed by atoms with Crippen molar-refractivity contribution in [3.63, 3.8) is 0 Å². The normalized spacial score (nSPS) is 15.7. The number of hydrogen-bond donors (Lipinski definition) is 1. The van der Waals surface area contributed by atoms with Crippen molar-refractivity contribution in [1.82, 2.24) is 9.29 Å². The van der Waals surface area contributed by atoms with Crippen LogP contribution >= 0.6 is 0 Å². The average molecular weight is 429 g/mol. The van der Waals surface area contributed by atoms with Crippen molar-refractivity contribution in [2.75, 3.05) is 0 Å². The molecule has 4 rings (SSSR count). The lowest BCUT2D eigenvalue weighted by atomic mass is 9.95. The van der Waals surface area contributed by atoms with Gasteiger partial charge in [0.25, 0.3) is 5.56 Å². The van der Waals surface area contributed by atoms with Gasteiger partial charge in [-0.15, -0.1) is 0 Å². The van der Waals surface area contributed by atoms with Crippen LogP contribution in [0.4, 0.5) is 4.39 Å². The van der Waals surface area contributed by atoms with E-state index in [1.807, 2.05) is 25.1 Å². The first-order chi connectivity index (χ1) is 14.4. The number of para-hydroxylation sites is 1. The zero-order valence-electron chi connectivity index (χ0n) is 16.9. The van der Waals surface area contributed by atoms with Crippen molar-refractivity contribution in [2.24, 2.45) is 0 Å². The zero-order chi connectivity index (χ0) is 21.3. The number of pyridine rings is 1. The van der Waals surface area contributed by atoms with Gasteiger partial charge in [0, 0.05) is 18.2 Å². The van der Waals surface area contributed by atoms with Crippen molar-refractivity contribution in [3.05, 3.63) is 75.8 Å². The number of rotatable bonds is 5. The Kier molecular flexibility index (Phi) is 5.75. The average Bonchev–Trinajstić information content (AvgIpc) is 2.74. The maximum Gasteiger partial charge on any atom is 0.252 e. The van der Waals surface area contributed by atoms with Gasteiger partial charge < -0.3 is 4.98 Å². The summed E-state index contributed by atoms with van der Waals surface area (Å²) in [6.45, 7) is 1.91. The Morgan fingerprint density at radius 3 is 2.47 bits per heavy atom. The lowest BCUT2D eigenvalue weighted by Gasteiger charge is -2.33. The number of benzene rings is 2. The number of H-pyrrole nitrogens is 1. The molecule has 30 heavy (non-hydrogen) atoms. The van der Waals surface area contributed by atoms with Crippen molar-refractivity contribution in [3.8, 4) is 0 Å². The smallest absolute Gasteiger partial charge is 0.252 e. The minimum absolute atomic E-state index is 0.0103. The molecule has 1 heterocycles. The van der Waals surface area contributed by atoms with Gasteiger partial charge in [-0.05, 0) is 61.0 Å². The second kappa shape index (κ2) is 8.32. The van der Waals surface area contributed by atoms with Gasteiger partial charge in [-0.2, -0.15) is 4.31 Å². The summed E-state index contributed by atoms with van der Waals surface area (Å²) in [5.74, 6) is -0.487. The Hall–Kier alpha value is -2.51. The lowest BCUT2D eigenvalue weighted by molar-refractivity contribution is 0.247. The molecule has 1 aliphatic carbocycles. The third kappa shape index (κ3) is 4.04. The number of fused-ring (bicyclic) bond motifs is 1. The Morgan fingerprint density at radius 1 is 1.07 bits per heavy atom. The van der Waals surface area contributed by atoms with E-state index in [1.165, 1.54) is 16.4 Å². The fourth-order valence-electron chi connectivity index (χ4n) is 4.24. The molecule has 1 saturated carbocycles. The second-order valence-corrected chi connectivity index (χ2v) is 9.85. The molecule has 5 nitrogen and oxygen atoms in total. The maximum atomic E-state index is 13.5. The quantitative estimate of drug-likeness (QED) is 0.651. The molecule has 0 bridgehead atoms. The Morgan fingerprint density at radius 2 is 1.77 bits per heavy atom. The molecule has 0 aliphatic heterocycles. The fourth-order valence-corrected chi connectivity index (χ4v) is 5.90. The predicted molar refractivity (Wildman–Crippen MR) is 115 cm³/mol. The number of nitrogens with one attached hydrogen (secondary N) is 1. The van der Waals surface area contributed by atoms with E-state index in [1.54, 1.807) is 6.07 Å². The summed E-state index contributed by atoms with van der Waals surface area (Å²) in [6.07, 6.45) is 4.49. The van der Waals surface area contributed by atoms with Crippen LogP contribution < -0.4 is 5.56 Å². The molecule has 0 radical (unpaired) electrons. The first kappa shape index (κ1) is 20.8. The first-order valence-electron chi connectivity index (χ1n) is 10.3. The highest BCUT2D eigenvalue weighted by molar-refractivity contribution is 7.89. The molecule has 0 unspecified atom stereocenters. The highest BCUT2D eigenvalue weighted by atomic mass is 32.2. The summed E-state index contributed by atoms with van der Waals surface area (Å²) in [4.78, 5) is 15.7. The summed E-state index contributed by atoms with van der Waals surface area (Å²) >= 11 is 0. The molecule has 1 fully saturated rings. The van der Waals surface area contributed by atoms with Crippen LogP contribution in [0.5, 0.6) is 0 Å². The van der Waals surface area contributed by atoms with E-state index >= 15 is 0 Å². The van der Waals surface area contributed by atoms with E-state index in [0.29, 0.717) is 5.56 Å². The number of nitrogens with zero attached hydrogens (tertiary/aromatic N) is 1. The van der Waals surface area contributed by atoms with Crippen LogP contribution in [-0.4, -0.2) is 23.7 Å². The SMILES string of the molecule is Cc1cccc2cc(CN(C3CCCCC3)S(=O)(=O)c3ccc(F)cc3)c(=O)[nH]c12. The molecule has 0 saturated heterocycles. The number of aryl methyl sites for hydroxylation is 1. The Balaban J connectivity index is 1.77. The third-order valence-corrected chi connectivity index (χ3v) is 7.81. The van der Waals surface area contributed by atoms with Crippen molar-refractivity contribution in [2.45, 2.75) is 56.5 Å². The van der Waals surface area contributed by atoms with E-state index < -0.39 is 15.8 Å². The van der Waals surface area contributed by atoms with Crippen LogP contribution in [-0.2, 0) is 16.6 Å². The predicted octanol–water partition coefficient (Wildman–Crippen LogP) is 4.50. The number of aromatic amines is 1. The summed E-state index contributed by atoms with van der Waals surface area (Å²) in [7, 11) is -3.88. The van der Waals surface area contributed by atoms with Crippen LogP contribution in [0.25, 0.3) is 10.9 Å². The molecule has 1 N–H and O–H groups in total. The summed E-state index contributed by atoms with van der Waals surface area (Å²) < 4.78 is 41.7. The molecule has 3 aromatic rings. The maximum absolute atomic E-state index is 13.5. The van der Waals surface area contributed by atoms with Crippen LogP contribution in [0.1, 0.15) is 43.2 Å². The molecule has 0 atom stereocenters. The minimum Gasteiger partial charge on any atom is -0.321 e. The van der Waals surface area contributed by atoms with Gasteiger partial charge >= 0.3 is 0 Å². The summed E-state index contributed by atoms with van der Waals surface area (Å²) in [5.41, 5.74) is 1.84. The highest BCUT2D eigenvalue weighted by Crippen LogP contribution is 2.29. The first-order valence-corrected chi connectivity index (χ1v) is 11.7. The van der Waals surface area contributed by atoms with Gasteiger partial charge in [0.15, 0.2) is 0 Å². The summed E-state index contributed by atoms with van der Waals surface area (Å²) in [5, 5.41) is 0.868. The zero-order valence-corrected chi connectivity index (χ0v) is 17.7. The monoisotopic (exact) mass is 428 g/mol. The topological polar surface area (TPSA) is 70.2 Å². The fraction of sp³-hybridized carbons (Fsp3) is 0.348. The molecule has 1 aromatic heterocycles. The van der Waals surface area contributed by atoms with E-state index in [9.17, 15) is 17.6 Å². The number of hydrogen-bond acceptors (Lipinski definition) is 3. The Labute approximate surface area is 175 Å². The third-order valence-electron chi connectivity index (χ3n) is 5.89. The second-order valence-electron chi connectivity index (χ2n) is 7.96. The Bertz CT molecular complexity index is 1210. The van der Waals surface area contributed by atoms with Crippen molar-refractivity contribution >= 4 is 20.9 Å². The number of aromatic nitrogens is 1. The van der Waals surface area contributed by atoms with E-state index in [4.69, 9.17) is 0 Å². The molecule has 158 valence electrons. The summed E-state index contributed by atoms with van der Waals surface area (Å²) in [6, 6.07) is 12.2.